The average molecular weight is 723 g/mol. The van der Waals surface area contributed by atoms with Crippen molar-refractivity contribution in [2.24, 2.45) is 28.6 Å². The first kappa shape index (κ1) is 38.8. The van der Waals surface area contributed by atoms with Crippen molar-refractivity contribution < 1.29 is 32.4 Å². The number of hydrogen-bond acceptors (Lipinski definition) is 8. The van der Waals surface area contributed by atoms with Crippen molar-refractivity contribution in [2.75, 3.05) is 19.6 Å². The van der Waals surface area contributed by atoms with Crippen molar-refractivity contribution in [3.8, 4) is 0 Å². The van der Waals surface area contributed by atoms with E-state index in [0.29, 0.717) is 24.3 Å². The number of likely N-dealkylation sites (tertiary alicyclic amines) is 1. The third-order valence-corrected chi connectivity index (χ3v) is 13.0. The van der Waals surface area contributed by atoms with E-state index in [1.54, 1.807) is 18.4 Å². The van der Waals surface area contributed by atoms with Gasteiger partial charge in [0.15, 0.2) is 0 Å². The SMILES string of the molecule is CCCCC(NC(=O)[C@@H]1[C@H]2C(C)[C@H]2CN1C(=O)[C@@H](NC(=O)N[C@H](CN1Cc2sccc2S1(=O)=O)C(C)(C)C)C(C)(C)C)C(=O)C(=O)NCC. The third kappa shape index (κ3) is 8.30. The Morgan fingerprint density at radius 3 is 2.24 bits per heavy atom. The predicted octanol–water partition coefficient (Wildman–Crippen LogP) is 2.85. The number of urea groups is 1. The van der Waals surface area contributed by atoms with Crippen LogP contribution in [0.3, 0.4) is 0 Å². The van der Waals surface area contributed by atoms with Gasteiger partial charge in [0.05, 0.1) is 10.9 Å². The molecule has 0 bridgehead atoms. The highest BCUT2D eigenvalue weighted by atomic mass is 32.2. The number of hydrogen-bond donors (Lipinski definition) is 4. The van der Waals surface area contributed by atoms with Crippen LogP contribution in [0.25, 0.3) is 0 Å². The van der Waals surface area contributed by atoms with Gasteiger partial charge in [-0.1, -0.05) is 68.2 Å². The number of carbonyl (C=O) groups excluding carboxylic acids is 5. The molecule has 0 radical (unpaired) electrons. The molecule has 1 aromatic rings. The van der Waals surface area contributed by atoms with Gasteiger partial charge < -0.3 is 26.2 Å². The van der Waals surface area contributed by atoms with E-state index in [1.807, 2.05) is 55.4 Å². The molecule has 0 aromatic carbocycles. The van der Waals surface area contributed by atoms with Gasteiger partial charge >= 0.3 is 6.03 Å². The molecule has 1 aliphatic carbocycles. The molecular formula is C34H54N6O7S2. The average Bonchev–Trinajstić information content (AvgIpc) is 3.37. The molecule has 49 heavy (non-hydrogen) atoms. The molecule has 2 fully saturated rings. The van der Waals surface area contributed by atoms with Gasteiger partial charge in [0, 0.05) is 37.1 Å². The summed E-state index contributed by atoms with van der Waals surface area (Å²) >= 11 is 1.38. The smallest absolute Gasteiger partial charge is 0.315 e. The van der Waals surface area contributed by atoms with Crippen molar-refractivity contribution >= 4 is 50.9 Å². The number of rotatable bonds is 13. The summed E-state index contributed by atoms with van der Waals surface area (Å²) in [7, 11) is -3.68. The number of thiophene rings is 1. The number of unbranched alkanes of at least 4 members (excludes halogenated alkanes) is 1. The van der Waals surface area contributed by atoms with Crippen LogP contribution in [0.5, 0.6) is 0 Å². The van der Waals surface area contributed by atoms with Gasteiger partial charge in [-0.25, -0.2) is 13.2 Å². The zero-order valence-electron chi connectivity index (χ0n) is 30.2. The predicted molar refractivity (Wildman–Crippen MR) is 187 cm³/mol. The summed E-state index contributed by atoms with van der Waals surface area (Å²) < 4.78 is 27.7. The fourth-order valence-electron chi connectivity index (χ4n) is 6.93. The summed E-state index contributed by atoms with van der Waals surface area (Å²) in [6.07, 6.45) is 1.70. The Hall–Kier alpha value is -3.04. The zero-order chi connectivity index (χ0) is 36.6. The van der Waals surface area contributed by atoms with E-state index in [1.165, 1.54) is 20.5 Å². The van der Waals surface area contributed by atoms with Crippen LogP contribution in [0.2, 0.25) is 0 Å². The number of piperidine rings is 1. The Morgan fingerprint density at radius 1 is 1.00 bits per heavy atom. The number of Topliss-reactive ketones (excluding diaryl/α,β-unsaturated/α-hetero) is 1. The molecule has 1 saturated heterocycles. The normalized spacial score (nSPS) is 24.6. The third-order valence-electron chi connectivity index (χ3n) is 10.1. The summed E-state index contributed by atoms with van der Waals surface area (Å²) in [4.78, 5) is 69.8. The second-order valence-electron chi connectivity index (χ2n) is 15.8. The molecule has 4 rings (SSSR count). The lowest BCUT2D eigenvalue weighted by Gasteiger charge is -2.38. The maximum absolute atomic E-state index is 14.3. The molecule has 2 unspecified atom stereocenters. The molecule has 3 aliphatic rings. The van der Waals surface area contributed by atoms with Crippen molar-refractivity contribution in [3.05, 3.63) is 16.3 Å². The lowest BCUT2D eigenvalue weighted by atomic mass is 9.85. The minimum Gasteiger partial charge on any atom is -0.350 e. The number of amides is 5. The van der Waals surface area contributed by atoms with E-state index in [2.05, 4.69) is 21.3 Å². The Labute approximate surface area is 294 Å². The number of fused-ring (bicyclic) bond motifs is 2. The molecule has 1 aromatic heterocycles. The van der Waals surface area contributed by atoms with Gasteiger partial charge in [0.1, 0.15) is 12.1 Å². The standard InChI is InChI=1S/C34H54N6O7S2/c1-10-12-13-21(27(41)30(43)35-11-2)36-29(42)26-25-19(3)20(25)16-40(26)31(44)28(34(7,8)9)38-32(45)37-24(33(4,5)6)18-39-17-22-23(14-15-48-22)49(39,46)47/h14-15,19-21,24-26,28H,10-13,16-18H2,1-9H3,(H,35,43)(H,36,42)(H2,37,38,45)/t19?,20-,21?,24-,25+,26+,28-/m1/s1. The molecule has 0 spiro atoms. The first-order chi connectivity index (χ1) is 22.7. The summed E-state index contributed by atoms with van der Waals surface area (Å²) in [5.41, 5.74) is -1.28. The number of ketones is 1. The largest absolute Gasteiger partial charge is 0.350 e. The zero-order valence-corrected chi connectivity index (χ0v) is 31.8. The Kier molecular flexibility index (Phi) is 11.6. The van der Waals surface area contributed by atoms with Crippen molar-refractivity contribution in [3.63, 3.8) is 0 Å². The van der Waals surface area contributed by atoms with Crippen LogP contribution < -0.4 is 21.3 Å². The first-order valence-electron chi connectivity index (χ1n) is 17.3. The molecule has 274 valence electrons. The quantitative estimate of drug-likeness (QED) is 0.227. The molecular weight excluding hydrogens is 669 g/mol. The molecule has 15 heteroatoms. The van der Waals surface area contributed by atoms with E-state index in [0.717, 1.165) is 11.3 Å². The minimum absolute atomic E-state index is 0.0542. The van der Waals surface area contributed by atoms with E-state index in [-0.39, 0.29) is 37.4 Å². The first-order valence-corrected chi connectivity index (χ1v) is 19.6. The van der Waals surface area contributed by atoms with E-state index < -0.39 is 74.6 Å². The molecule has 5 amide bonds. The summed E-state index contributed by atoms with van der Waals surface area (Å²) in [5, 5.41) is 12.9. The lowest BCUT2D eigenvalue weighted by Crippen LogP contribution is -2.62. The van der Waals surface area contributed by atoms with Crippen LogP contribution in [0.1, 0.15) is 86.5 Å². The van der Waals surface area contributed by atoms with Crippen molar-refractivity contribution in [2.45, 2.75) is 117 Å². The highest BCUT2D eigenvalue weighted by molar-refractivity contribution is 7.89. The molecule has 2 aliphatic heterocycles. The monoisotopic (exact) mass is 722 g/mol. The van der Waals surface area contributed by atoms with Crippen molar-refractivity contribution in [1.82, 2.24) is 30.5 Å². The second kappa shape index (κ2) is 14.7. The molecule has 1 saturated carbocycles. The Bertz CT molecular complexity index is 1550. The Morgan fingerprint density at radius 2 is 1.67 bits per heavy atom. The minimum atomic E-state index is -3.68. The molecule has 4 N–H and O–H groups in total. The molecule has 7 atom stereocenters. The van der Waals surface area contributed by atoms with Crippen LogP contribution >= 0.6 is 11.3 Å². The number of sulfonamides is 1. The summed E-state index contributed by atoms with van der Waals surface area (Å²) in [6, 6.07) is -2.49. The van der Waals surface area contributed by atoms with E-state index >= 15 is 0 Å². The maximum atomic E-state index is 14.3. The van der Waals surface area contributed by atoms with Crippen LogP contribution in [0.4, 0.5) is 4.79 Å². The summed E-state index contributed by atoms with van der Waals surface area (Å²) in [5.74, 6) is -2.14. The van der Waals surface area contributed by atoms with E-state index in [4.69, 9.17) is 0 Å². The lowest BCUT2D eigenvalue weighted by molar-refractivity contribution is -0.145. The van der Waals surface area contributed by atoms with Crippen LogP contribution in [-0.2, 0) is 35.7 Å². The highest BCUT2D eigenvalue weighted by Crippen LogP contribution is 2.55. The number of carbonyl (C=O) groups is 5. The van der Waals surface area contributed by atoms with Gasteiger partial charge in [-0.3, -0.25) is 19.2 Å². The van der Waals surface area contributed by atoms with Crippen molar-refractivity contribution in [1.29, 1.82) is 0 Å². The van der Waals surface area contributed by atoms with E-state index in [9.17, 15) is 32.4 Å². The van der Waals surface area contributed by atoms with Crippen LogP contribution in [0, 0.1) is 28.6 Å². The maximum Gasteiger partial charge on any atom is 0.315 e. The van der Waals surface area contributed by atoms with Gasteiger partial charge in [-0.15, -0.1) is 11.3 Å². The molecule has 13 nitrogen and oxygen atoms in total. The topological polar surface area (TPSA) is 174 Å². The number of nitrogens with zero attached hydrogens (tertiary/aromatic N) is 2. The molecule has 3 heterocycles. The Balaban J connectivity index is 1.50. The fraction of sp³-hybridized carbons (Fsp3) is 0.735. The number of likely N-dealkylation sites (N-methyl/N-ethyl adjacent to an activating group) is 1. The van der Waals surface area contributed by atoms with Gasteiger partial charge in [0.25, 0.3) is 5.91 Å². The number of nitrogens with one attached hydrogen (secondary N) is 4. The highest BCUT2D eigenvalue weighted by Gasteiger charge is 2.63. The second-order valence-corrected chi connectivity index (χ2v) is 18.7. The van der Waals surface area contributed by atoms with Crippen LogP contribution in [-0.4, -0.2) is 91.0 Å². The van der Waals surface area contributed by atoms with Gasteiger partial charge in [0.2, 0.25) is 27.6 Å². The van der Waals surface area contributed by atoms with Gasteiger partial charge in [-0.2, -0.15) is 4.31 Å². The fourth-order valence-corrected chi connectivity index (χ4v) is 9.85. The van der Waals surface area contributed by atoms with Crippen LogP contribution in [0.15, 0.2) is 16.3 Å². The van der Waals surface area contributed by atoms with Gasteiger partial charge in [-0.05, 0) is 53.4 Å². The summed E-state index contributed by atoms with van der Waals surface area (Å²) in [6.45, 7) is 17.8.